The number of nitrogens with one attached hydrogen (secondary N) is 4. The van der Waals surface area contributed by atoms with Crippen molar-refractivity contribution in [3.8, 4) is 0 Å². The van der Waals surface area contributed by atoms with Crippen LogP contribution in [-0.4, -0.2) is 42.9 Å². The molecular formula is C27H35N5O4. The van der Waals surface area contributed by atoms with Crippen LogP contribution in [0.4, 0.5) is 21.9 Å². The summed E-state index contributed by atoms with van der Waals surface area (Å²) in [4.78, 5) is 38.8. The second-order valence-corrected chi connectivity index (χ2v) is 9.17. The highest BCUT2D eigenvalue weighted by Crippen LogP contribution is 2.23. The Kier molecular flexibility index (Phi) is 9.44. The number of hydrogen-bond donors (Lipinski definition) is 4. The van der Waals surface area contributed by atoms with Crippen molar-refractivity contribution in [1.82, 2.24) is 5.32 Å². The number of nitrogens with zero attached hydrogens (tertiary/aromatic N) is 1. The number of piperidine rings is 1. The molecule has 0 bridgehead atoms. The van der Waals surface area contributed by atoms with Gasteiger partial charge in [-0.3, -0.25) is 20.3 Å². The Labute approximate surface area is 212 Å². The highest BCUT2D eigenvalue weighted by molar-refractivity contribution is 6.05. The van der Waals surface area contributed by atoms with Gasteiger partial charge in [0, 0.05) is 35.6 Å². The Bertz CT molecular complexity index is 1080. The van der Waals surface area contributed by atoms with Gasteiger partial charge in [0.1, 0.15) is 11.9 Å². The number of alkyl carbamates (subject to hydrolysis) is 1. The zero-order chi connectivity index (χ0) is 26.1. The van der Waals surface area contributed by atoms with Crippen LogP contribution < -0.4 is 20.9 Å². The minimum Gasteiger partial charge on any atom is -0.450 e. The first kappa shape index (κ1) is 26.7. The second kappa shape index (κ2) is 12.7. The monoisotopic (exact) mass is 493 g/mol. The van der Waals surface area contributed by atoms with Gasteiger partial charge in [0.25, 0.3) is 0 Å². The molecule has 1 saturated heterocycles. The highest BCUT2D eigenvalue weighted by atomic mass is 16.5. The Morgan fingerprint density at radius 2 is 1.83 bits per heavy atom. The van der Waals surface area contributed by atoms with Crippen LogP contribution in [0, 0.1) is 11.3 Å². The Balaban J connectivity index is 1.67. The molecule has 1 heterocycles. The Hall–Kier alpha value is -3.88. The lowest BCUT2D eigenvalue weighted by molar-refractivity contribution is -0.119. The zero-order valence-electron chi connectivity index (χ0n) is 21.1. The van der Waals surface area contributed by atoms with Crippen LogP contribution in [0.5, 0.6) is 0 Å². The van der Waals surface area contributed by atoms with E-state index in [-0.39, 0.29) is 30.2 Å². The molecule has 3 amide bonds. The topological polar surface area (TPSA) is 124 Å². The third-order valence-corrected chi connectivity index (χ3v) is 5.79. The van der Waals surface area contributed by atoms with Crippen molar-refractivity contribution < 1.29 is 19.1 Å². The number of benzene rings is 2. The minimum absolute atomic E-state index is 0.0887. The molecular weight excluding hydrogens is 458 g/mol. The molecule has 4 N–H and O–H groups in total. The molecule has 1 aliphatic heterocycles. The van der Waals surface area contributed by atoms with Gasteiger partial charge in [0.15, 0.2) is 0 Å². The summed E-state index contributed by atoms with van der Waals surface area (Å²) in [6.07, 6.45) is 2.40. The third kappa shape index (κ3) is 7.56. The van der Waals surface area contributed by atoms with Gasteiger partial charge < -0.3 is 20.3 Å². The van der Waals surface area contributed by atoms with Gasteiger partial charge >= 0.3 is 6.09 Å². The number of carbonyl (C=O) groups is 3. The van der Waals surface area contributed by atoms with Crippen molar-refractivity contribution in [2.24, 2.45) is 5.92 Å². The lowest BCUT2D eigenvalue weighted by Crippen LogP contribution is -2.36. The molecule has 1 aliphatic rings. The molecule has 1 fully saturated rings. The molecule has 0 aromatic heterocycles. The molecule has 192 valence electrons. The van der Waals surface area contributed by atoms with E-state index in [1.807, 2.05) is 44.2 Å². The normalized spacial score (nSPS) is 14.2. The standard InChI is InChI=1S/C27H35N5O4/c1-4-36-27(35)31-25(28)19-8-7-9-21(17-19)29-23(16-18(2)3)26(34)30-20-11-13-22(14-12-20)32-15-6-5-10-24(32)33/h7-9,11-14,17-18,23,29H,4-6,10,15-16H2,1-3H3,(H,30,34)(H2,28,31,35)/t23-/m0/s1. The first-order chi connectivity index (χ1) is 17.3. The number of hydrogen-bond acceptors (Lipinski definition) is 6. The summed E-state index contributed by atoms with van der Waals surface area (Å²) >= 11 is 0. The molecule has 1 atom stereocenters. The molecule has 9 nitrogen and oxygen atoms in total. The van der Waals surface area contributed by atoms with Crippen molar-refractivity contribution in [1.29, 1.82) is 5.41 Å². The van der Waals surface area contributed by atoms with E-state index in [0.29, 0.717) is 29.8 Å². The molecule has 2 aromatic rings. The molecule has 2 aromatic carbocycles. The fourth-order valence-corrected chi connectivity index (χ4v) is 4.04. The Morgan fingerprint density at radius 1 is 1.08 bits per heavy atom. The number of rotatable bonds is 9. The fraction of sp³-hybridized carbons (Fsp3) is 0.407. The van der Waals surface area contributed by atoms with E-state index in [4.69, 9.17) is 10.1 Å². The SMILES string of the molecule is CCOC(=O)NC(=N)c1cccc(N[C@@H](CC(C)C)C(=O)Nc2ccc(N3CCCCC3=O)cc2)c1. The van der Waals surface area contributed by atoms with Crippen LogP contribution >= 0.6 is 0 Å². The van der Waals surface area contributed by atoms with Gasteiger partial charge in [-0.1, -0.05) is 26.0 Å². The maximum absolute atomic E-state index is 13.2. The fourth-order valence-electron chi connectivity index (χ4n) is 4.04. The van der Waals surface area contributed by atoms with Crippen LogP contribution in [0.15, 0.2) is 48.5 Å². The van der Waals surface area contributed by atoms with Gasteiger partial charge in [-0.05, 0) is 68.5 Å². The molecule has 0 saturated carbocycles. The van der Waals surface area contributed by atoms with Crippen molar-refractivity contribution in [3.05, 3.63) is 54.1 Å². The molecule has 0 spiro atoms. The van der Waals surface area contributed by atoms with E-state index in [1.54, 1.807) is 30.0 Å². The summed E-state index contributed by atoms with van der Waals surface area (Å²) in [6.45, 7) is 6.71. The molecule has 3 rings (SSSR count). The van der Waals surface area contributed by atoms with Crippen LogP contribution in [-0.2, 0) is 14.3 Å². The van der Waals surface area contributed by atoms with Crippen molar-refractivity contribution >= 4 is 40.8 Å². The first-order valence-electron chi connectivity index (χ1n) is 12.4. The maximum Gasteiger partial charge on any atom is 0.412 e. The average molecular weight is 494 g/mol. The molecule has 0 aliphatic carbocycles. The van der Waals surface area contributed by atoms with Crippen molar-refractivity contribution in [2.75, 3.05) is 28.7 Å². The van der Waals surface area contributed by atoms with E-state index in [2.05, 4.69) is 16.0 Å². The van der Waals surface area contributed by atoms with Crippen LogP contribution in [0.1, 0.15) is 52.0 Å². The smallest absolute Gasteiger partial charge is 0.412 e. The van der Waals surface area contributed by atoms with E-state index < -0.39 is 12.1 Å². The molecule has 36 heavy (non-hydrogen) atoms. The van der Waals surface area contributed by atoms with Gasteiger partial charge in [0.2, 0.25) is 11.8 Å². The summed E-state index contributed by atoms with van der Waals surface area (Å²) in [7, 11) is 0. The summed E-state index contributed by atoms with van der Waals surface area (Å²) in [5.74, 6) is 0.115. The van der Waals surface area contributed by atoms with Crippen molar-refractivity contribution in [3.63, 3.8) is 0 Å². The number of amidine groups is 1. The maximum atomic E-state index is 13.2. The lowest BCUT2D eigenvalue weighted by Gasteiger charge is -2.27. The van der Waals surface area contributed by atoms with Gasteiger partial charge in [-0.2, -0.15) is 0 Å². The number of carbonyl (C=O) groups excluding carboxylic acids is 3. The lowest BCUT2D eigenvalue weighted by atomic mass is 10.0. The van der Waals surface area contributed by atoms with E-state index >= 15 is 0 Å². The third-order valence-electron chi connectivity index (χ3n) is 5.79. The zero-order valence-corrected chi connectivity index (χ0v) is 21.1. The highest BCUT2D eigenvalue weighted by Gasteiger charge is 2.22. The second-order valence-electron chi connectivity index (χ2n) is 9.17. The van der Waals surface area contributed by atoms with Gasteiger partial charge in [0.05, 0.1) is 6.61 Å². The summed E-state index contributed by atoms with van der Waals surface area (Å²) < 4.78 is 4.83. The first-order valence-corrected chi connectivity index (χ1v) is 12.4. The van der Waals surface area contributed by atoms with Crippen molar-refractivity contribution in [2.45, 2.75) is 52.5 Å². The van der Waals surface area contributed by atoms with E-state index in [0.717, 1.165) is 25.1 Å². The molecule has 0 radical (unpaired) electrons. The summed E-state index contributed by atoms with van der Waals surface area (Å²) in [5.41, 5.74) is 2.63. The predicted octanol–water partition coefficient (Wildman–Crippen LogP) is 4.74. The van der Waals surface area contributed by atoms with E-state index in [9.17, 15) is 14.4 Å². The summed E-state index contributed by atoms with van der Waals surface area (Å²) in [6, 6.07) is 13.8. The van der Waals surface area contributed by atoms with Gasteiger partial charge in [-0.15, -0.1) is 0 Å². The molecule has 9 heteroatoms. The van der Waals surface area contributed by atoms with Gasteiger partial charge in [-0.25, -0.2) is 4.79 Å². The molecule has 0 unspecified atom stereocenters. The largest absolute Gasteiger partial charge is 0.450 e. The van der Waals surface area contributed by atoms with Crippen LogP contribution in [0.3, 0.4) is 0 Å². The minimum atomic E-state index is -0.686. The Morgan fingerprint density at radius 3 is 2.50 bits per heavy atom. The number of ether oxygens (including phenoxy) is 1. The quantitative estimate of drug-likeness (QED) is 0.297. The van der Waals surface area contributed by atoms with E-state index in [1.165, 1.54) is 0 Å². The number of amides is 3. The van der Waals surface area contributed by atoms with Crippen LogP contribution in [0.25, 0.3) is 0 Å². The summed E-state index contributed by atoms with van der Waals surface area (Å²) in [5, 5.41) is 16.7. The average Bonchev–Trinajstić information content (AvgIpc) is 2.84. The number of anilines is 3. The predicted molar refractivity (Wildman–Crippen MR) is 142 cm³/mol. The van der Waals surface area contributed by atoms with Crippen LogP contribution in [0.2, 0.25) is 0 Å².